The number of hydrogen-bond donors (Lipinski definition) is 0. The lowest BCUT2D eigenvalue weighted by Gasteiger charge is -2.13. The third-order valence-corrected chi connectivity index (χ3v) is 5.83. The fourth-order valence-corrected chi connectivity index (χ4v) is 4.09. The number of aryl methyl sites for hydroxylation is 1. The van der Waals surface area contributed by atoms with Gasteiger partial charge in [-0.1, -0.05) is 60.4 Å². The van der Waals surface area contributed by atoms with E-state index in [0.717, 1.165) is 16.9 Å². The van der Waals surface area contributed by atoms with Gasteiger partial charge in [0.1, 0.15) is 16.7 Å². The van der Waals surface area contributed by atoms with Gasteiger partial charge in [-0.25, -0.2) is 0 Å². The molecule has 1 saturated heterocycles. The van der Waals surface area contributed by atoms with Crippen LogP contribution in [0.25, 0.3) is 6.08 Å². The van der Waals surface area contributed by atoms with Crippen molar-refractivity contribution in [1.82, 2.24) is 4.90 Å². The van der Waals surface area contributed by atoms with Crippen LogP contribution >= 0.6 is 24.0 Å². The number of methoxy groups -OCH3 is 1. The van der Waals surface area contributed by atoms with Crippen molar-refractivity contribution in [3.8, 4) is 5.75 Å². The summed E-state index contributed by atoms with van der Waals surface area (Å²) in [6.07, 6.45) is 1.90. The van der Waals surface area contributed by atoms with Crippen LogP contribution in [0.5, 0.6) is 5.75 Å². The molecule has 3 rings (SSSR count). The number of carbonyl (C=O) groups is 2. The molecule has 0 atom stereocenters. The lowest BCUT2D eigenvalue weighted by molar-refractivity contribution is -0.140. The van der Waals surface area contributed by atoms with Gasteiger partial charge in [-0.05, 0) is 41.8 Å². The fourth-order valence-electron chi connectivity index (χ4n) is 2.78. The molecular weight excluding hydrogens is 406 g/mol. The van der Waals surface area contributed by atoms with Crippen molar-refractivity contribution >= 4 is 46.3 Å². The molecule has 0 N–H and O–H groups in total. The number of nitrogens with zero attached hydrogens (tertiary/aromatic N) is 1. The first-order chi connectivity index (χ1) is 14.0. The van der Waals surface area contributed by atoms with E-state index in [1.54, 1.807) is 6.08 Å². The predicted octanol–water partition coefficient (Wildman–Crippen LogP) is 4.34. The van der Waals surface area contributed by atoms with Crippen LogP contribution in [0.15, 0.2) is 53.4 Å². The standard InChI is InChI=1S/C22H21NO4S2/c1-15-6-3-4-8-17(15)14-27-18-9-5-7-16(12-18)13-19-21(25)23(22(28)29-19)11-10-20(24)26-2/h3-9,12-13H,10-11,14H2,1-2H3/b19-13+. The molecule has 150 valence electrons. The molecule has 7 heteroatoms. The molecule has 0 saturated carbocycles. The summed E-state index contributed by atoms with van der Waals surface area (Å²) < 4.78 is 11.0. The second kappa shape index (κ2) is 9.71. The normalized spacial score (nSPS) is 15.1. The van der Waals surface area contributed by atoms with Crippen LogP contribution < -0.4 is 4.74 Å². The van der Waals surface area contributed by atoms with E-state index < -0.39 is 0 Å². The summed E-state index contributed by atoms with van der Waals surface area (Å²) in [5, 5.41) is 0. The molecule has 0 bridgehead atoms. The van der Waals surface area contributed by atoms with E-state index in [4.69, 9.17) is 17.0 Å². The van der Waals surface area contributed by atoms with Crippen LogP contribution in [0.4, 0.5) is 0 Å². The zero-order valence-corrected chi connectivity index (χ0v) is 17.8. The van der Waals surface area contributed by atoms with Gasteiger partial charge in [0.25, 0.3) is 5.91 Å². The lowest BCUT2D eigenvalue weighted by atomic mass is 10.1. The zero-order valence-electron chi connectivity index (χ0n) is 16.2. The van der Waals surface area contributed by atoms with Crippen molar-refractivity contribution < 1.29 is 19.1 Å². The van der Waals surface area contributed by atoms with Gasteiger partial charge in [0.2, 0.25) is 0 Å². The molecule has 0 aromatic heterocycles. The second-order valence-electron chi connectivity index (χ2n) is 6.45. The van der Waals surface area contributed by atoms with Crippen LogP contribution in [0.1, 0.15) is 23.1 Å². The molecule has 1 aliphatic heterocycles. The summed E-state index contributed by atoms with van der Waals surface area (Å²) in [6, 6.07) is 15.6. The van der Waals surface area contributed by atoms with Crippen LogP contribution in [0.3, 0.4) is 0 Å². The van der Waals surface area contributed by atoms with Crippen LogP contribution in [-0.4, -0.2) is 34.8 Å². The minimum Gasteiger partial charge on any atom is -0.489 e. The first-order valence-electron chi connectivity index (χ1n) is 9.07. The highest BCUT2D eigenvalue weighted by Crippen LogP contribution is 2.33. The van der Waals surface area contributed by atoms with Crippen molar-refractivity contribution in [3.05, 3.63) is 70.1 Å². The number of carbonyl (C=O) groups excluding carboxylic acids is 2. The van der Waals surface area contributed by atoms with E-state index in [0.29, 0.717) is 15.8 Å². The number of hydrogen-bond acceptors (Lipinski definition) is 6. The zero-order chi connectivity index (χ0) is 20.8. The van der Waals surface area contributed by atoms with Gasteiger partial charge in [0.05, 0.1) is 18.4 Å². The molecule has 0 spiro atoms. The molecule has 5 nitrogen and oxygen atoms in total. The summed E-state index contributed by atoms with van der Waals surface area (Å²) in [5.41, 5.74) is 3.16. The number of rotatable bonds is 7. The quantitative estimate of drug-likeness (QED) is 0.372. The highest BCUT2D eigenvalue weighted by Gasteiger charge is 2.32. The fraction of sp³-hybridized carbons (Fsp3) is 0.227. The number of benzene rings is 2. The number of amides is 1. The first kappa shape index (κ1) is 21.1. The maximum atomic E-state index is 12.6. The highest BCUT2D eigenvalue weighted by molar-refractivity contribution is 8.26. The average molecular weight is 428 g/mol. The molecule has 29 heavy (non-hydrogen) atoms. The molecule has 0 radical (unpaired) electrons. The summed E-state index contributed by atoms with van der Waals surface area (Å²) in [5.74, 6) is 0.153. The molecule has 1 amide bonds. The predicted molar refractivity (Wildman–Crippen MR) is 118 cm³/mol. The monoisotopic (exact) mass is 427 g/mol. The van der Waals surface area contributed by atoms with Gasteiger partial charge in [0, 0.05) is 6.54 Å². The van der Waals surface area contributed by atoms with E-state index in [2.05, 4.69) is 17.7 Å². The molecule has 2 aromatic rings. The van der Waals surface area contributed by atoms with E-state index in [9.17, 15) is 9.59 Å². The molecular formula is C22H21NO4S2. The van der Waals surface area contributed by atoms with Gasteiger partial charge < -0.3 is 9.47 Å². The number of thioether (sulfide) groups is 1. The third-order valence-electron chi connectivity index (χ3n) is 4.45. The van der Waals surface area contributed by atoms with Crippen molar-refractivity contribution in [2.45, 2.75) is 20.0 Å². The number of ether oxygens (including phenoxy) is 2. The van der Waals surface area contributed by atoms with Gasteiger partial charge >= 0.3 is 5.97 Å². The maximum absolute atomic E-state index is 12.6. The SMILES string of the molecule is COC(=O)CCN1C(=O)/C(=C\c2cccc(OCc3ccccc3C)c2)SC1=S. The lowest BCUT2D eigenvalue weighted by Crippen LogP contribution is -2.30. The Hall–Kier alpha value is -2.64. The highest BCUT2D eigenvalue weighted by atomic mass is 32.2. The Balaban J connectivity index is 1.68. The van der Waals surface area contributed by atoms with E-state index >= 15 is 0 Å². The van der Waals surface area contributed by atoms with Crippen LogP contribution in [-0.2, 0) is 20.9 Å². The minimum absolute atomic E-state index is 0.110. The van der Waals surface area contributed by atoms with Gasteiger partial charge in [-0.3, -0.25) is 14.5 Å². The average Bonchev–Trinajstić information content (AvgIpc) is 2.98. The molecule has 0 unspecified atom stereocenters. The van der Waals surface area contributed by atoms with Crippen molar-refractivity contribution in [2.24, 2.45) is 0 Å². The third kappa shape index (κ3) is 5.46. The Morgan fingerprint density at radius 1 is 1.21 bits per heavy atom. The topological polar surface area (TPSA) is 55.8 Å². The van der Waals surface area contributed by atoms with E-state index in [1.165, 1.54) is 29.3 Å². The largest absolute Gasteiger partial charge is 0.489 e. The Morgan fingerprint density at radius 3 is 2.76 bits per heavy atom. The maximum Gasteiger partial charge on any atom is 0.307 e. The first-order valence-corrected chi connectivity index (χ1v) is 10.3. The summed E-state index contributed by atoms with van der Waals surface area (Å²) >= 11 is 6.51. The summed E-state index contributed by atoms with van der Waals surface area (Å²) in [7, 11) is 1.32. The summed E-state index contributed by atoms with van der Waals surface area (Å²) in [4.78, 5) is 25.9. The molecule has 2 aromatic carbocycles. The minimum atomic E-state index is -0.374. The Kier molecular flexibility index (Phi) is 7.06. The molecule has 1 aliphatic rings. The van der Waals surface area contributed by atoms with Gasteiger partial charge in [-0.2, -0.15) is 0 Å². The Bertz CT molecular complexity index is 971. The number of thiocarbonyl (C=S) groups is 1. The smallest absolute Gasteiger partial charge is 0.307 e. The van der Waals surface area contributed by atoms with E-state index in [1.807, 2.05) is 42.5 Å². The van der Waals surface area contributed by atoms with Crippen molar-refractivity contribution in [3.63, 3.8) is 0 Å². The molecule has 1 fully saturated rings. The van der Waals surface area contributed by atoms with Crippen LogP contribution in [0, 0.1) is 6.92 Å². The van der Waals surface area contributed by atoms with Crippen molar-refractivity contribution in [2.75, 3.05) is 13.7 Å². The Labute approximate surface area is 179 Å². The van der Waals surface area contributed by atoms with Crippen molar-refractivity contribution in [1.29, 1.82) is 0 Å². The summed E-state index contributed by atoms with van der Waals surface area (Å²) in [6.45, 7) is 2.75. The van der Waals surface area contributed by atoms with Crippen LogP contribution in [0.2, 0.25) is 0 Å². The number of esters is 1. The van der Waals surface area contributed by atoms with Gasteiger partial charge in [0.15, 0.2) is 0 Å². The van der Waals surface area contributed by atoms with Gasteiger partial charge in [-0.15, -0.1) is 0 Å². The molecule has 0 aliphatic carbocycles. The molecule has 1 heterocycles. The Morgan fingerprint density at radius 2 is 2.00 bits per heavy atom. The second-order valence-corrected chi connectivity index (χ2v) is 8.12. The van der Waals surface area contributed by atoms with E-state index in [-0.39, 0.29) is 24.8 Å².